The van der Waals surface area contributed by atoms with Gasteiger partial charge in [-0.3, -0.25) is 4.79 Å². The Balaban J connectivity index is 2.89. The summed E-state index contributed by atoms with van der Waals surface area (Å²) in [6.45, 7) is 8.05. The molecule has 0 heterocycles. The van der Waals surface area contributed by atoms with Crippen molar-refractivity contribution in [1.29, 1.82) is 0 Å². The molecule has 142 valence electrons. The van der Waals surface area contributed by atoms with Crippen molar-refractivity contribution >= 4 is 5.91 Å². The second-order valence-corrected chi connectivity index (χ2v) is 7.50. The van der Waals surface area contributed by atoms with Gasteiger partial charge in [0, 0.05) is 13.6 Å². The van der Waals surface area contributed by atoms with Gasteiger partial charge in [0.1, 0.15) is 5.75 Å². The summed E-state index contributed by atoms with van der Waals surface area (Å²) in [5.74, 6) is 0.0432. The molecule has 25 heavy (non-hydrogen) atoms. The van der Waals surface area contributed by atoms with E-state index in [0.717, 1.165) is 5.56 Å². The number of hydrogen-bond acceptors (Lipinski definition) is 3. The van der Waals surface area contributed by atoms with Gasteiger partial charge in [0.15, 0.2) is 6.61 Å². The molecule has 0 aliphatic heterocycles. The van der Waals surface area contributed by atoms with Crippen LogP contribution in [0.15, 0.2) is 12.1 Å². The minimum atomic E-state index is -4.38. The Morgan fingerprint density at radius 1 is 1.20 bits per heavy atom. The number of carbonyl (C=O) groups is 1. The number of hydrogen-bond donors (Lipinski definition) is 1. The van der Waals surface area contributed by atoms with Crippen molar-refractivity contribution in [2.45, 2.75) is 53.4 Å². The van der Waals surface area contributed by atoms with Crippen molar-refractivity contribution in [3.05, 3.63) is 28.8 Å². The first-order valence-corrected chi connectivity index (χ1v) is 8.02. The van der Waals surface area contributed by atoms with Crippen LogP contribution in [-0.2, 0) is 11.3 Å². The molecular formula is C18H27F3N2O2. The number of nitrogens with zero attached hydrogens (tertiary/aromatic N) is 1. The number of likely N-dealkylation sites (N-methyl/N-ethyl adjacent to an activating group) is 1. The van der Waals surface area contributed by atoms with E-state index >= 15 is 0 Å². The molecule has 0 bridgehead atoms. The molecule has 0 saturated carbocycles. The standard InChI is InChI=1S/C18H27F3N2O2/c1-11-7-13(8-12(2)14(11)25-10-18(19,20)21)9-23(6)16(24)15(22)17(3,4)5/h7-8,15H,9-10,22H2,1-6H3/t15-/m1/s1. The highest BCUT2D eigenvalue weighted by Crippen LogP contribution is 2.28. The normalized spacial score (nSPS) is 13.5. The predicted octanol–water partition coefficient (Wildman–Crippen LogP) is 3.58. The average molecular weight is 360 g/mol. The SMILES string of the molecule is Cc1cc(CN(C)C(=O)[C@@H](N)C(C)(C)C)cc(C)c1OCC(F)(F)F. The largest absolute Gasteiger partial charge is 0.484 e. The Hall–Kier alpha value is -1.76. The summed E-state index contributed by atoms with van der Waals surface area (Å²) < 4.78 is 41.9. The quantitative estimate of drug-likeness (QED) is 0.873. The molecule has 1 aromatic rings. The molecule has 0 aliphatic rings. The molecule has 0 fully saturated rings. The topological polar surface area (TPSA) is 55.6 Å². The first-order valence-electron chi connectivity index (χ1n) is 8.02. The summed E-state index contributed by atoms with van der Waals surface area (Å²) in [6, 6.07) is 2.82. The lowest BCUT2D eigenvalue weighted by Gasteiger charge is -2.30. The van der Waals surface area contributed by atoms with Crippen molar-refractivity contribution in [2.24, 2.45) is 11.1 Å². The Kier molecular flexibility index (Phi) is 6.50. The maximum Gasteiger partial charge on any atom is 0.422 e. The number of carbonyl (C=O) groups excluding carboxylic acids is 1. The summed E-state index contributed by atoms with van der Waals surface area (Å²) in [7, 11) is 1.66. The number of rotatable bonds is 5. The zero-order valence-electron chi connectivity index (χ0n) is 15.6. The molecule has 1 atom stereocenters. The Bertz CT molecular complexity index is 599. The molecule has 0 saturated heterocycles. The van der Waals surface area contributed by atoms with Gasteiger partial charge in [-0.25, -0.2) is 0 Å². The van der Waals surface area contributed by atoms with Crippen LogP contribution in [0.4, 0.5) is 13.2 Å². The zero-order chi connectivity index (χ0) is 19.6. The highest BCUT2D eigenvalue weighted by atomic mass is 19.4. The molecule has 1 amide bonds. The summed E-state index contributed by atoms with van der Waals surface area (Å²) in [5.41, 5.74) is 7.65. The van der Waals surface area contributed by atoms with Crippen LogP contribution in [0.2, 0.25) is 0 Å². The third-order valence-electron chi connectivity index (χ3n) is 3.90. The van der Waals surface area contributed by atoms with Crippen molar-refractivity contribution in [3.63, 3.8) is 0 Å². The van der Waals surface area contributed by atoms with E-state index in [9.17, 15) is 18.0 Å². The number of ether oxygens (including phenoxy) is 1. The molecule has 4 nitrogen and oxygen atoms in total. The maximum atomic E-state index is 12.4. The van der Waals surface area contributed by atoms with Crippen LogP contribution in [0.3, 0.4) is 0 Å². The van der Waals surface area contributed by atoms with E-state index in [1.807, 2.05) is 20.8 Å². The van der Waals surface area contributed by atoms with Gasteiger partial charge in [0.05, 0.1) is 6.04 Å². The Labute approximate surface area is 147 Å². The number of aryl methyl sites for hydroxylation is 2. The second kappa shape index (κ2) is 7.64. The van der Waals surface area contributed by atoms with Crippen LogP contribution in [0.25, 0.3) is 0 Å². The van der Waals surface area contributed by atoms with Crippen molar-refractivity contribution in [1.82, 2.24) is 4.90 Å². The van der Waals surface area contributed by atoms with Crippen molar-refractivity contribution < 1.29 is 22.7 Å². The first-order chi connectivity index (χ1) is 11.2. The van der Waals surface area contributed by atoms with E-state index < -0.39 is 18.8 Å². The molecule has 0 radical (unpaired) electrons. The fraction of sp³-hybridized carbons (Fsp3) is 0.611. The molecule has 1 rings (SSSR count). The van der Waals surface area contributed by atoms with E-state index in [0.29, 0.717) is 17.7 Å². The van der Waals surface area contributed by atoms with E-state index in [-0.39, 0.29) is 17.1 Å². The Morgan fingerprint density at radius 3 is 2.08 bits per heavy atom. The van der Waals surface area contributed by atoms with E-state index in [2.05, 4.69) is 0 Å². The first kappa shape index (κ1) is 21.3. The molecule has 7 heteroatoms. The number of halogens is 3. The van der Waals surface area contributed by atoms with Gasteiger partial charge in [-0.15, -0.1) is 0 Å². The lowest BCUT2D eigenvalue weighted by atomic mass is 9.86. The van der Waals surface area contributed by atoms with Gasteiger partial charge in [-0.05, 0) is 36.0 Å². The molecule has 2 N–H and O–H groups in total. The second-order valence-electron chi connectivity index (χ2n) is 7.50. The van der Waals surface area contributed by atoms with E-state index in [4.69, 9.17) is 10.5 Å². The maximum absolute atomic E-state index is 12.4. The van der Waals surface area contributed by atoms with Crippen molar-refractivity contribution in [3.8, 4) is 5.75 Å². The summed E-state index contributed by atoms with van der Waals surface area (Å²) in [5, 5.41) is 0. The average Bonchev–Trinajstić information content (AvgIpc) is 2.42. The molecule has 1 aromatic carbocycles. The fourth-order valence-corrected chi connectivity index (χ4v) is 2.47. The van der Waals surface area contributed by atoms with Crippen LogP contribution < -0.4 is 10.5 Å². The van der Waals surface area contributed by atoms with Gasteiger partial charge < -0.3 is 15.4 Å². The number of benzene rings is 1. The van der Waals surface area contributed by atoms with Crippen LogP contribution in [0.1, 0.15) is 37.5 Å². The number of amides is 1. The van der Waals surface area contributed by atoms with Crippen LogP contribution >= 0.6 is 0 Å². The van der Waals surface area contributed by atoms with Gasteiger partial charge in [0.2, 0.25) is 5.91 Å². The highest BCUT2D eigenvalue weighted by Gasteiger charge is 2.30. The van der Waals surface area contributed by atoms with E-state index in [1.54, 1.807) is 33.0 Å². The molecular weight excluding hydrogens is 333 g/mol. The Morgan fingerprint density at radius 2 is 1.68 bits per heavy atom. The minimum Gasteiger partial charge on any atom is -0.484 e. The highest BCUT2D eigenvalue weighted by molar-refractivity contribution is 5.82. The zero-order valence-corrected chi connectivity index (χ0v) is 15.6. The summed E-state index contributed by atoms with van der Waals surface area (Å²) in [4.78, 5) is 13.9. The number of alkyl halides is 3. The molecule has 0 unspecified atom stereocenters. The van der Waals surface area contributed by atoms with Gasteiger partial charge in [0.25, 0.3) is 0 Å². The van der Waals surface area contributed by atoms with Gasteiger partial charge in [-0.2, -0.15) is 13.2 Å². The molecule has 0 spiro atoms. The summed E-state index contributed by atoms with van der Waals surface area (Å²) in [6.07, 6.45) is -4.38. The third-order valence-corrected chi connectivity index (χ3v) is 3.90. The smallest absolute Gasteiger partial charge is 0.422 e. The molecule has 0 aromatic heterocycles. The lowest BCUT2D eigenvalue weighted by molar-refractivity contribution is -0.153. The summed E-state index contributed by atoms with van der Waals surface area (Å²) >= 11 is 0. The fourth-order valence-electron chi connectivity index (χ4n) is 2.47. The monoisotopic (exact) mass is 360 g/mol. The van der Waals surface area contributed by atoms with E-state index in [1.165, 1.54) is 4.90 Å². The third kappa shape index (κ3) is 6.23. The predicted molar refractivity (Wildman–Crippen MR) is 91.4 cm³/mol. The van der Waals surface area contributed by atoms with Crippen molar-refractivity contribution in [2.75, 3.05) is 13.7 Å². The lowest BCUT2D eigenvalue weighted by Crippen LogP contribution is -2.48. The van der Waals surface area contributed by atoms with Crippen LogP contribution in [0, 0.1) is 19.3 Å². The van der Waals surface area contributed by atoms with Gasteiger partial charge >= 0.3 is 6.18 Å². The number of nitrogens with two attached hydrogens (primary N) is 1. The molecule has 0 aliphatic carbocycles. The van der Waals surface area contributed by atoms with Crippen LogP contribution in [-0.4, -0.2) is 36.7 Å². The van der Waals surface area contributed by atoms with Gasteiger partial charge in [-0.1, -0.05) is 32.9 Å². The minimum absolute atomic E-state index is 0.180. The van der Waals surface area contributed by atoms with Crippen LogP contribution in [0.5, 0.6) is 5.75 Å².